The van der Waals surface area contributed by atoms with Crippen molar-refractivity contribution in [3.8, 4) is 16.9 Å². The summed E-state index contributed by atoms with van der Waals surface area (Å²) >= 11 is 0. The molecule has 0 atom stereocenters. The zero-order valence-electron chi connectivity index (χ0n) is 17.3. The van der Waals surface area contributed by atoms with Gasteiger partial charge in [-0.3, -0.25) is 9.69 Å². The molecule has 1 aromatic heterocycles. The SMILES string of the molecule is Cc1ccc(-c2nn(-c3ccccc3)cc2C(=O)OCC(=O)N2CCNC2=O)cc1C. The Kier molecular flexibility index (Phi) is 5.53. The van der Waals surface area contributed by atoms with Gasteiger partial charge in [0.2, 0.25) is 0 Å². The number of rotatable bonds is 5. The van der Waals surface area contributed by atoms with E-state index in [4.69, 9.17) is 4.74 Å². The van der Waals surface area contributed by atoms with Gasteiger partial charge in [-0.25, -0.2) is 14.3 Å². The number of nitrogens with one attached hydrogen (secondary N) is 1. The number of carbonyl (C=O) groups is 3. The highest BCUT2D eigenvalue weighted by atomic mass is 16.5. The first-order chi connectivity index (χ1) is 14.9. The maximum Gasteiger partial charge on any atom is 0.342 e. The van der Waals surface area contributed by atoms with E-state index in [1.165, 1.54) is 0 Å². The second kappa shape index (κ2) is 8.43. The standard InChI is InChI=1S/C23H22N4O4/c1-15-8-9-17(12-16(15)2)21-19(13-27(25-21)18-6-4-3-5-7-18)22(29)31-14-20(28)26-11-10-24-23(26)30/h3-9,12-13H,10-11,14H2,1-2H3,(H,24,30). The van der Waals surface area contributed by atoms with Crippen LogP contribution in [0.4, 0.5) is 4.79 Å². The molecule has 158 valence electrons. The van der Waals surface area contributed by atoms with E-state index >= 15 is 0 Å². The third kappa shape index (κ3) is 4.18. The van der Waals surface area contributed by atoms with Crippen molar-refractivity contribution in [2.24, 2.45) is 0 Å². The fraction of sp³-hybridized carbons (Fsp3) is 0.217. The molecule has 3 aromatic rings. The van der Waals surface area contributed by atoms with Crippen LogP contribution in [-0.2, 0) is 9.53 Å². The Morgan fingerprint density at radius 2 is 1.87 bits per heavy atom. The van der Waals surface area contributed by atoms with Crippen molar-refractivity contribution in [1.82, 2.24) is 20.0 Å². The third-order valence-corrected chi connectivity index (χ3v) is 5.22. The first-order valence-electron chi connectivity index (χ1n) is 9.92. The Balaban J connectivity index is 1.63. The lowest BCUT2D eigenvalue weighted by atomic mass is 10.0. The van der Waals surface area contributed by atoms with Gasteiger partial charge in [0.15, 0.2) is 6.61 Å². The van der Waals surface area contributed by atoms with Gasteiger partial charge in [-0.2, -0.15) is 5.10 Å². The number of benzene rings is 2. The first-order valence-corrected chi connectivity index (χ1v) is 9.92. The number of aromatic nitrogens is 2. The van der Waals surface area contributed by atoms with Crippen LogP contribution in [0.1, 0.15) is 21.5 Å². The molecule has 1 N–H and O–H groups in total. The average Bonchev–Trinajstić information content (AvgIpc) is 3.41. The summed E-state index contributed by atoms with van der Waals surface area (Å²) in [4.78, 5) is 37.8. The summed E-state index contributed by atoms with van der Waals surface area (Å²) < 4.78 is 6.86. The normalized spacial score (nSPS) is 13.2. The largest absolute Gasteiger partial charge is 0.452 e. The van der Waals surface area contributed by atoms with Crippen LogP contribution in [0.5, 0.6) is 0 Å². The number of carbonyl (C=O) groups excluding carboxylic acids is 3. The summed E-state index contributed by atoms with van der Waals surface area (Å²) in [6.45, 7) is 4.13. The number of esters is 1. The van der Waals surface area contributed by atoms with E-state index in [9.17, 15) is 14.4 Å². The monoisotopic (exact) mass is 418 g/mol. The van der Waals surface area contributed by atoms with Crippen LogP contribution in [0.15, 0.2) is 54.7 Å². The maximum absolute atomic E-state index is 12.9. The lowest BCUT2D eigenvalue weighted by molar-refractivity contribution is -0.130. The fourth-order valence-corrected chi connectivity index (χ4v) is 3.33. The number of imide groups is 1. The van der Waals surface area contributed by atoms with Gasteiger partial charge in [0.1, 0.15) is 11.3 Å². The highest BCUT2D eigenvalue weighted by Gasteiger charge is 2.28. The molecule has 1 aliphatic heterocycles. The van der Waals surface area contributed by atoms with Crippen molar-refractivity contribution in [3.05, 3.63) is 71.4 Å². The molecule has 8 nitrogen and oxygen atoms in total. The smallest absolute Gasteiger partial charge is 0.342 e. The number of ether oxygens (including phenoxy) is 1. The summed E-state index contributed by atoms with van der Waals surface area (Å²) in [5.41, 5.74) is 4.46. The Morgan fingerprint density at radius 1 is 1.10 bits per heavy atom. The molecule has 0 radical (unpaired) electrons. The minimum absolute atomic E-state index is 0.241. The molecule has 3 amide bonds. The van der Waals surface area contributed by atoms with Gasteiger partial charge < -0.3 is 10.1 Å². The molecule has 0 bridgehead atoms. The molecule has 1 saturated heterocycles. The van der Waals surface area contributed by atoms with E-state index in [0.717, 1.165) is 27.3 Å². The van der Waals surface area contributed by atoms with Gasteiger partial charge in [-0.05, 0) is 43.2 Å². The molecule has 1 aliphatic rings. The summed E-state index contributed by atoms with van der Waals surface area (Å²) in [6, 6.07) is 14.8. The number of urea groups is 1. The molecule has 0 saturated carbocycles. The predicted octanol–water partition coefficient (Wildman–Crippen LogP) is 2.86. The van der Waals surface area contributed by atoms with Gasteiger partial charge >= 0.3 is 12.0 Å². The molecule has 2 aromatic carbocycles. The Hall–Kier alpha value is -3.94. The van der Waals surface area contributed by atoms with E-state index in [2.05, 4.69) is 10.4 Å². The van der Waals surface area contributed by atoms with Gasteiger partial charge in [0.05, 0.1) is 5.69 Å². The molecule has 8 heteroatoms. The van der Waals surface area contributed by atoms with Crippen LogP contribution >= 0.6 is 0 Å². The number of hydrogen-bond acceptors (Lipinski definition) is 5. The van der Waals surface area contributed by atoms with Crippen LogP contribution in [0.3, 0.4) is 0 Å². The van der Waals surface area contributed by atoms with Gasteiger partial charge in [-0.15, -0.1) is 0 Å². The van der Waals surface area contributed by atoms with Crippen LogP contribution in [0.2, 0.25) is 0 Å². The van der Waals surface area contributed by atoms with Crippen molar-refractivity contribution in [1.29, 1.82) is 0 Å². The van der Waals surface area contributed by atoms with Gasteiger partial charge in [0.25, 0.3) is 5.91 Å². The third-order valence-electron chi connectivity index (χ3n) is 5.22. The number of para-hydroxylation sites is 1. The number of amides is 3. The number of aryl methyl sites for hydroxylation is 2. The second-order valence-electron chi connectivity index (χ2n) is 7.32. The van der Waals surface area contributed by atoms with Crippen LogP contribution < -0.4 is 5.32 Å². The van der Waals surface area contributed by atoms with Crippen molar-refractivity contribution >= 4 is 17.9 Å². The van der Waals surface area contributed by atoms with E-state index < -0.39 is 24.5 Å². The van der Waals surface area contributed by atoms with Crippen molar-refractivity contribution < 1.29 is 19.1 Å². The minimum atomic E-state index is -0.677. The van der Waals surface area contributed by atoms with Crippen molar-refractivity contribution in [2.45, 2.75) is 13.8 Å². The molecule has 0 unspecified atom stereocenters. The number of hydrogen-bond donors (Lipinski definition) is 1. The molecule has 2 heterocycles. The van der Waals surface area contributed by atoms with Gasteiger partial charge in [-0.1, -0.05) is 30.3 Å². The molecular formula is C23H22N4O4. The van der Waals surface area contributed by atoms with Crippen LogP contribution in [-0.4, -0.2) is 52.3 Å². The average molecular weight is 418 g/mol. The Morgan fingerprint density at radius 3 is 2.55 bits per heavy atom. The predicted molar refractivity (Wildman–Crippen MR) is 114 cm³/mol. The molecular weight excluding hydrogens is 396 g/mol. The molecule has 31 heavy (non-hydrogen) atoms. The molecule has 1 fully saturated rings. The van der Waals surface area contributed by atoms with E-state index in [-0.39, 0.29) is 12.1 Å². The Labute approximate surface area is 179 Å². The molecule has 4 rings (SSSR count). The van der Waals surface area contributed by atoms with E-state index in [1.807, 2.05) is 62.4 Å². The summed E-state index contributed by atoms with van der Waals surface area (Å²) in [5, 5.41) is 7.16. The van der Waals surface area contributed by atoms with Crippen LogP contribution in [0.25, 0.3) is 16.9 Å². The summed E-state index contributed by atoms with van der Waals surface area (Å²) in [5.74, 6) is -1.24. The minimum Gasteiger partial charge on any atom is -0.452 e. The quantitative estimate of drug-likeness (QED) is 0.643. The second-order valence-corrected chi connectivity index (χ2v) is 7.32. The van der Waals surface area contributed by atoms with Gasteiger partial charge in [0, 0.05) is 24.8 Å². The zero-order valence-corrected chi connectivity index (χ0v) is 17.3. The van der Waals surface area contributed by atoms with Crippen molar-refractivity contribution in [3.63, 3.8) is 0 Å². The maximum atomic E-state index is 12.9. The highest BCUT2D eigenvalue weighted by molar-refractivity contribution is 6.00. The summed E-state index contributed by atoms with van der Waals surface area (Å²) in [6.07, 6.45) is 1.59. The van der Waals surface area contributed by atoms with Crippen LogP contribution in [0, 0.1) is 13.8 Å². The fourth-order valence-electron chi connectivity index (χ4n) is 3.33. The lowest BCUT2D eigenvalue weighted by Gasteiger charge is -2.12. The zero-order chi connectivity index (χ0) is 22.0. The van der Waals surface area contributed by atoms with E-state index in [1.54, 1.807) is 10.9 Å². The van der Waals surface area contributed by atoms with E-state index in [0.29, 0.717) is 12.2 Å². The first kappa shape index (κ1) is 20.3. The lowest BCUT2D eigenvalue weighted by Crippen LogP contribution is -2.37. The molecule has 0 aliphatic carbocycles. The number of nitrogens with zero attached hydrogens (tertiary/aromatic N) is 3. The summed E-state index contributed by atoms with van der Waals surface area (Å²) in [7, 11) is 0. The topological polar surface area (TPSA) is 93.5 Å². The highest BCUT2D eigenvalue weighted by Crippen LogP contribution is 2.26. The van der Waals surface area contributed by atoms with Crippen molar-refractivity contribution in [2.75, 3.05) is 19.7 Å². The molecule has 0 spiro atoms. The Bertz CT molecular complexity index is 1150.